The Morgan fingerprint density at radius 2 is 0.759 bits per heavy atom. The Balaban J connectivity index is 0.000000325. The topological polar surface area (TPSA) is 294 Å². The molecule has 12 heterocycles. The van der Waals surface area contributed by atoms with E-state index in [1.807, 2.05) is 0 Å². The normalized spacial score (nSPS) is 19.9. The van der Waals surface area contributed by atoms with Gasteiger partial charge in [-0.3, -0.25) is 68.3 Å². The van der Waals surface area contributed by atoms with Gasteiger partial charge in [0.15, 0.2) is 9.84 Å². The molecule has 4 amide bonds. The van der Waals surface area contributed by atoms with Crippen LogP contribution in [0.4, 0.5) is 38.4 Å². The second-order valence-electron chi connectivity index (χ2n) is 38.2. The van der Waals surface area contributed by atoms with Crippen LogP contribution in [0.5, 0.6) is 0 Å². The number of rotatable bonds is 19. The molecule has 11 fully saturated rings. The minimum absolute atomic E-state index is 0. The molecule has 0 spiro atoms. The van der Waals surface area contributed by atoms with Crippen LogP contribution in [0.1, 0.15) is 237 Å². The molecule has 15 rings (SSSR count). The number of carbonyl (C=O) groups excluding carboxylic acids is 4. The van der Waals surface area contributed by atoms with Crippen LogP contribution in [0.25, 0.3) is 0 Å². The number of piperidine rings is 2. The van der Waals surface area contributed by atoms with E-state index < -0.39 is 55.3 Å². The van der Waals surface area contributed by atoms with Gasteiger partial charge in [-0.1, -0.05) is 16.6 Å². The molecule has 2 aromatic heterocycles. The van der Waals surface area contributed by atoms with Crippen molar-refractivity contribution in [1.29, 1.82) is 0 Å². The molecule has 0 bridgehead atoms. The zero-order valence-corrected chi connectivity index (χ0v) is 92.0. The average Bonchev–Trinajstić information content (AvgIpc) is 1.67. The number of piperazine rings is 3. The van der Waals surface area contributed by atoms with Crippen molar-refractivity contribution in [3.63, 3.8) is 0 Å². The number of morpholine rings is 1. The van der Waals surface area contributed by atoms with Gasteiger partial charge in [-0.15, -0.1) is 16.7 Å². The number of carbonyl (C=O) groups is 4. The van der Waals surface area contributed by atoms with Crippen molar-refractivity contribution < 1.29 is 104 Å². The fourth-order valence-corrected chi connectivity index (χ4v) is 19.1. The monoisotopic (exact) mass is 2090 g/mol. The van der Waals surface area contributed by atoms with Gasteiger partial charge in [-0.2, -0.15) is 26.3 Å². The van der Waals surface area contributed by atoms with Crippen molar-refractivity contribution in [1.82, 2.24) is 89.8 Å². The van der Waals surface area contributed by atoms with Gasteiger partial charge < -0.3 is 55.6 Å². The number of nitrogens with zero attached hydrogens (tertiary/aromatic N) is 16. The second-order valence-corrected chi connectivity index (χ2v) is 44.5. The number of anilines is 2. The number of ether oxygens (including phenoxy) is 1. The molecule has 4 N–H and O–H groups in total. The number of hydrogen-bond acceptors (Lipinski definition) is 28. The maximum absolute atomic E-state index is 12.3. The Hall–Kier alpha value is -4.44. The van der Waals surface area contributed by atoms with Gasteiger partial charge in [0, 0.05) is 267 Å². The van der Waals surface area contributed by atoms with E-state index >= 15 is 0 Å². The number of nitrogens with one attached hydrogen (secondary N) is 4. The molecule has 0 atom stereocenters. The zero-order valence-electron chi connectivity index (χ0n) is 85.9. The van der Waals surface area contributed by atoms with Gasteiger partial charge in [0.05, 0.1) is 24.7 Å². The fraction of sp³-hybridized carbons (Fsp3) is 0.781. The number of benzene rings is 2. The third kappa shape index (κ3) is 52.8. The number of likely N-dealkylation sites (N-methyl/N-ethyl adjacent to an activating group) is 1. The largest absolute Gasteiger partial charge is 0.446 e. The quantitative estimate of drug-likeness (QED) is 0.0385. The van der Waals surface area contributed by atoms with Gasteiger partial charge in [0.1, 0.15) is 0 Å². The van der Waals surface area contributed by atoms with E-state index in [4.69, 9.17) is 13.6 Å². The SMILES string of the molecule is CC(C)N1CCC1.CC(C)N1CCCC1.CC(C)N1CCCCC1.CC(C)N1CCN(C)CC1.CC(C)N1CCN(C2CC2)CC1.CC(C)N1CCNCC1.CC(C)N1CCOCC1.CC(C)N1CCS(=O)(=O)CC1.CC(C)N1CCS(=O)CC1.O=C(Nc1nnc(C(=O)N2CCCCC2)o1)c1ccc(SC(F)(F)F)cc1.[CH2-]CNC(=O)c1nnc(NC(=O)c2ccc(SC(F)(F)F)cc2)o1.[Y]. The molecule has 2 aromatic carbocycles. The maximum Gasteiger partial charge on any atom is 0.446 e. The number of thioether (sulfide) groups is 2. The predicted molar refractivity (Wildman–Crippen MR) is 539 cm³/mol. The van der Waals surface area contributed by atoms with E-state index in [-0.39, 0.29) is 108 Å². The van der Waals surface area contributed by atoms with Gasteiger partial charge in [-0.05, 0) is 307 Å². The first kappa shape index (κ1) is 125. The summed E-state index contributed by atoms with van der Waals surface area (Å²) in [5.74, 6) is -0.504. The minimum atomic E-state index is -4.40. The molecular weight excluding hydrogens is 1920 g/mol. The van der Waals surface area contributed by atoms with E-state index in [0.717, 1.165) is 138 Å². The Labute approximate surface area is 853 Å². The summed E-state index contributed by atoms with van der Waals surface area (Å²) in [6.07, 6.45) is 14.3. The molecule has 137 heavy (non-hydrogen) atoms. The molecule has 30 nitrogen and oxygen atoms in total. The van der Waals surface area contributed by atoms with Crippen LogP contribution in [0, 0.1) is 6.92 Å². The summed E-state index contributed by atoms with van der Waals surface area (Å²) in [7, 11) is -1.02. The van der Waals surface area contributed by atoms with Gasteiger partial charge in [0.25, 0.3) is 11.8 Å². The summed E-state index contributed by atoms with van der Waals surface area (Å²) in [4.78, 5) is 76.5. The predicted octanol–water partition coefficient (Wildman–Crippen LogP) is 14.0. The van der Waals surface area contributed by atoms with E-state index in [9.17, 15) is 58.1 Å². The van der Waals surface area contributed by atoms with Crippen molar-refractivity contribution in [2.75, 3.05) is 231 Å². The van der Waals surface area contributed by atoms with Gasteiger partial charge in [-0.25, -0.2) is 8.42 Å². The van der Waals surface area contributed by atoms with E-state index in [2.05, 4.69) is 234 Å². The summed E-state index contributed by atoms with van der Waals surface area (Å²) in [6, 6.07) is 16.4. The molecule has 1 radical (unpaired) electrons. The molecular formula is C96H169F6N20O10S4Y-. The summed E-state index contributed by atoms with van der Waals surface area (Å²) in [5.41, 5.74) is -8.60. The maximum atomic E-state index is 12.3. The molecule has 1 aliphatic carbocycles. The second kappa shape index (κ2) is 66.6. The van der Waals surface area contributed by atoms with Crippen molar-refractivity contribution in [3.05, 3.63) is 78.4 Å². The van der Waals surface area contributed by atoms with Crippen LogP contribution in [-0.2, 0) is 58.1 Å². The molecule has 41 heteroatoms. The summed E-state index contributed by atoms with van der Waals surface area (Å²) in [5, 5.41) is 24.4. The van der Waals surface area contributed by atoms with E-state index in [1.165, 1.54) is 192 Å². The number of sulfone groups is 1. The molecule has 10 aliphatic heterocycles. The fourth-order valence-electron chi connectivity index (χ4n) is 15.8. The van der Waals surface area contributed by atoms with Crippen LogP contribution >= 0.6 is 23.5 Å². The van der Waals surface area contributed by atoms with Crippen LogP contribution in [0.3, 0.4) is 0 Å². The number of amides is 4. The van der Waals surface area contributed by atoms with E-state index in [0.29, 0.717) is 55.8 Å². The Bertz CT molecular complexity index is 3970. The Morgan fingerprint density at radius 1 is 0.431 bits per heavy atom. The Kier molecular flexibility index (Phi) is 60.7. The minimum Gasteiger partial charge on any atom is -0.399 e. The van der Waals surface area contributed by atoms with Crippen LogP contribution in [-0.4, -0.2) is 407 Å². The molecule has 0 unspecified atom stereocenters. The summed E-state index contributed by atoms with van der Waals surface area (Å²) >= 11 is -0.555. The molecule has 783 valence electrons. The molecule has 1 saturated carbocycles. The number of alkyl halides is 6. The number of hydrogen-bond donors (Lipinski definition) is 4. The number of likely N-dealkylation sites (tertiary alicyclic amines) is 4. The molecule has 4 aromatic rings. The number of halogens is 6. The van der Waals surface area contributed by atoms with Crippen LogP contribution in [0.15, 0.2) is 67.2 Å². The third-order valence-electron chi connectivity index (χ3n) is 25.0. The Morgan fingerprint density at radius 3 is 1.10 bits per heavy atom. The van der Waals surface area contributed by atoms with E-state index in [1.54, 1.807) is 4.90 Å². The van der Waals surface area contributed by atoms with Crippen molar-refractivity contribution in [2.45, 2.75) is 276 Å². The first-order valence-corrected chi connectivity index (χ1v) is 54.6. The molecule has 10 saturated heterocycles. The van der Waals surface area contributed by atoms with Crippen LogP contribution in [0.2, 0.25) is 0 Å². The average molecular weight is 2090 g/mol. The zero-order chi connectivity index (χ0) is 101. The standard InChI is InChI=1S/C16H15F3N4O3S.C13H10F3N4O3S.C10H20N2.C8H18N2.C8H17N.C7H16N2.C7H15NO2S.C7H15NOS.C7H15NO.C7H15N.C6H13N.Y/c17-16(18,19)27-11-6-4-10(5-7-11)12(24)20-15-22-21-13(26-15)14(25)23-8-2-1-3-9-23;1-2-17-10(22)11-19-20-12(23-11)18-9(21)7-3-5-8(6-4-7)24-13(14,15)16;1-9(2)11-5-7-12(8-6-11)10-3-4-10;1-8(2)10-6-4-9(3)5-7-10;1-8(2)9-6-4-3-5-7-9;1-7(2)9-5-3-8-4-6-9;1-7(2)8-3-5-11(9,10)6-4-8;1-7(2)8-3-5-10(9)6-4-8;1-7(2)8-3-5-9-6-4-8;1-7(2)8-5-3-4-6-8;1-6(2)7-4-3-5-7;/h4-7H,1-3,8-9H2,(H,20,22,24);3-6H,1-2H2,(H,17,22)(H,18,20,21);9-10H,3-8H2,1-2H3;8H,4-7H2,1-3H3;8H,3-7H2,1-2H3;7-8H,3-6H2,1-2H3;7H,3-6H2,1-2H3;7H,3-6H2,1-2H3;7H,3-6H2,1-2H3;7H,3-6H2,1-2H3;6H,3-5H2,1-2H3;/q;-1;;;;;;;;;;. The first-order valence-electron chi connectivity index (χ1n) is 49.6. The first-order chi connectivity index (χ1) is 64.3. The van der Waals surface area contributed by atoms with Gasteiger partial charge in [0.2, 0.25) is 0 Å². The number of aromatic nitrogens is 4. The van der Waals surface area contributed by atoms with Crippen molar-refractivity contribution >= 4 is 79.8 Å². The summed E-state index contributed by atoms with van der Waals surface area (Å²) in [6.45, 7) is 75.4. The van der Waals surface area contributed by atoms with Crippen molar-refractivity contribution in [2.24, 2.45) is 0 Å². The molecule has 11 aliphatic rings. The van der Waals surface area contributed by atoms with Crippen LogP contribution < -0.4 is 21.3 Å². The third-order valence-corrected chi connectivity index (χ3v) is 29.4. The van der Waals surface area contributed by atoms with Crippen molar-refractivity contribution in [3.8, 4) is 0 Å². The summed E-state index contributed by atoms with van der Waals surface area (Å²) < 4.78 is 122. The van der Waals surface area contributed by atoms with Gasteiger partial charge >= 0.3 is 46.6 Å². The smallest absolute Gasteiger partial charge is 0.399 e.